The van der Waals surface area contributed by atoms with Gasteiger partial charge in [0.05, 0.1) is 17.6 Å². The molecule has 2 rings (SSSR count). The highest BCUT2D eigenvalue weighted by Crippen LogP contribution is 2.52. The van der Waals surface area contributed by atoms with Gasteiger partial charge in [-0.05, 0) is 46.3 Å². The second kappa shape index (κ2) is 9.35. The minimum absolute atomic E-state index is 0.0452. The predicted octanol–water partition coefficient (Wildman–Crippen LogP) is 6.87. The van der Waals surface area contributed by atoms with E-state index in [2.05, 4.69) is 68.1 Å². The summed E-state index contributed by atoms with van der Waals surface area (Å²) in [6.45, 7) is 11.2. The highest BCUT2D eigenvalue weighted by molar-refractivity contribution is 7.23. The van der Waals surface area contributed by atoms with Gasteiger partial charge in [0.25, 0.3) is 0 Å². The Morgan fingerprint density at radius 1 is 1.32 bits per heavy atom. The third-order valence-electron chi connectivity index (χ3n) is 6.18. The molecular formula is C24H36FN2P. The van der Waals surface area contributed by atoms with Crippen molar-refractivity contribution in [1.29, 1.82) is 0 Å². The quantitative estimate of drug-likeness (QED) is 0.365. The van der Waals surface area contributed by atoms with E-state index in [1.807, 2.05) is 25.2 Å². The van der Waals surface area contributed by atoms with Crippen LogP contribution in [0.5, 0.6) is 0 Å². The highest BCUT2D eigenvalue weighted by Gasteiger charge is 2.41. The fourth-order valence-corrected chi connectivity index (χ4v) is 4.46. The molecule has 1 heterocycles. The summed E-state index contributed by atoms with van der Waals surface area (Å²) in [6, 6.07) is 4.16. The van der Waals surface area contributed by atoms with E-state index in [1.54, 1.807) is 6.08 Å². The van der Waals surface area contributed by atoms with Crippen LogP contribution in [0.2, 0.25) is 0 Å². The number of nitrogens with zero attached hydrogens (tertiary/aromatic N) is 2. The Kier molecular flexibility index (Phi) is 7.62. The van der Waals surface area contributed by atoms with E-state index in [-0.39, 0.29) is 17.2 Å². The van der Waals surface area contributed by atoms with Crippen LogP contribution in [0.4, 0.5) is 10.1 Å². The van der Waals surface area contributed by atoms with Crippen LogP contribution in [0, 0.1) is 23.2 Å². The molecule has 4 unspecified atom stereocenters. The monoisotopic (exact) mass is 402 g/mol. The molecule has 0 fully saturated rings. The van der Waals surface area contributed by atoms with E-state index >= 15 is 0 Å². The SMILES string of the molecule is CCC(C)C(C)(C=CC(C)C)C1CC(F)=CC(P)=C1c1ccc(N(C)C)cn1. The molecule has 154 valence electrons. The summed E-state index contributed by atoms with van der Waals surface area (Å²) in [7, 11) is 6.76. The van der Waals surface area contributed by atoms with Gasteiger partial charge in [-0.25, -0.2) is 4.39 Å². The van der Waals surface area contributed by atoms with Crippen molar-refractivity contribution < 1.29 is 4.39 Å². The smallest absolute Gasteiger partial charge is 0.101 e. The Labute approximate surface area is 173 Å². The van der Waals surface area contributed by atoms with E-state index in [4.69, 9.17) is 4.98 Å². The fourth-order valence-electron chi connectivity index (χ4n) is 3.93. The molecular weight excluding hydrogens is 366 g/mol. The molecule has 0 aromatic carbocycles. The van der Waals surface area contributed by atoms with Gasteiger partial charge in [0, 0.05) is 26.4 Å². The predicted molar refractivity (Wildman–Crippen MR) is 124 cm³/mol. The molecule has 2 nitrogen and oxygen atoms in total. The van der Waals surface area contributed by atoms with Gasteiger partial charge in [-0.1, -0.05) is 53.2 Å². The summed E-state index contributed by atoms with van der Waals surface area (Å²) >= 11 is 0. The lowest BCUT2D eigenvalue weighted by Crippen LogP contribution is -2.34. The highest BCUT2D eigenvalue weighted by atomic mass is 31.0. The number of rotatable bonds is 7. The lowest BCUT2D eigenvalue weighted by atomic mass is 9.62. The lowest BCUT2D eigenvalue weighted by Gasteiger charge is -2.43. The summed E-state index contributed by atoms with van der Waals surface area (Å²) < 4.78 is 14.6. The van der Waals surface area contributed by atoms with Gasteiger partial charge in [0.2, 0.25) is 0 Å². The van der Waals surface area contributed by atoms with Crippen molar-refractivity contribution in [3.05, 3.63) is 53.4 Å². The third kappa shape index (κ3) is 4.92. The van der Waals surface area contributed by atoms with Crippen LogP contribution in [0.3, 0.4) is 0 Å². The number of allylic oxidation sites excluding steroid dienone is 6. The third-order valence-corrected chi connectivity index (χ3v) is 6.65. The summed E-state index contributed by atoms with van der Waals surface area (Å²) in [4.78, 5) is 6.80. The van der Waals surface area contributed by atoms with Crippen LogP contribution < -0.4 is 4.90 Å². The summed E-state index contributed by atoms with van der Waals surface area (Å²) in [5.74, 6) is 0.892. The van der Waals surface area contributed by atoms with Crippen LogP contribution >= 0.6 is 9.24 Å². The molecule has 0 radical (unpaired) electrons. The average Bonchev–Trinajstić information content (AvgIpc) is 2.64. The van der Waals surface area contributed by atoms with Gasteiger partial charge in [0.15, 0.2) is 0 Å². The van der Waals surface area contributed by atoms with Gasteiger partial charge in [-0.2, -0.15) is 0 Å². The molecule has 0 saturated carbocycles. The molecule has 1 aromatic rings. The zero-order chi connectivity index (χ0) is 21.1. The largest absolute Gasteiger partial charge is 0.376 e. The topological polar surface area (TPSA) is 16.1 Å². The first kappa shape index (κ1) is 22.8. The van der Waals surface area contributed by atoms with Gasteiger partial charge in [0.1, 0.15) is 5.83 Å². The first-order valence-corrected chi connectivity index (χ1v) is 10.9. The number of hydrogen-bond acceptors (Lipinski definition) is 2. The molecule has 4 atom stereocenters. The summed E-state index contributed by atoms with van der Waals surface area (Å²) in [6.07, 6.45) is 9.63. The zero-order valence-corrected chi connectivity index (χ0v) is 19.6. The lowest BCUT2D eigenvalue weighted by molar-refractivity contribution is 0.191. The number of pyridine rings is 1. The first-order valence-electron chi connectivity index (χ1n) is 10.3. The average molecular weight is 403 g/mol. The Morgan fingerprint density at radius 2 is 2.00 bits per heavy atom. The molecule has 0 N–H and O–H groups in total. The molecule has 1 aliphatic carbocycles. The number of anilines is 1. The second-order valence-corrected chi connectivity index (χ2v) is 9.41. The van der Waals surface area contributed by atoms with E-state index < -0.39 is 0 Å². The molecule has 0 spiro atoms. The van der Waals surface area contributed by atoms with Crippen molar-refractivity contribution in [2.75, 3.05) is 19.0 Å². The molecule has 4 heteroatoms. The number of hydrogen-bond donors (Lipinski definition) is 0. The van der Waals surface area contributed by atoms with Gasteiger partial charge < -0.3 is 4.90 Å². The second-order valence-electron chi connectivity index (χ2n) is 8.79. The molecule has 0 bridgehead atoms. The molecule has 1 aromatic heterocycles. The molecule has 0 amide bonds. The maximum Gasteiger partial charge on any atom is 0.101 e. The van der Waals surface area contributed by atoms with E-state index in [0.717, 1.165) is 28.7 Å². The van der Waals surface area contributed by atoms with Crippen molar-refractivity contribution in [2.24, 2.45) is 23.2 Å². The minimum Gasteiger partial charge on any atom is -0.376 e. The Balaban J connectivity index is 2.60. The summed E-state index contributed by atoms with van der Waals surface area (Å²) in [5.41, 5.74) is 3.00. The van der Waals surface area contributed by atoms with E-state index in [0.29, 0.717) is 18.3 Å². The summed E-state index contributed by atoms with van der Waals surface area (Å²) in [5, 5.41) is 0.909. The van der Waals surface area contributed by atoms with Crippen molar-refractivity contribution in [2.45, 2.75) is 47.5 Å². The van der Waals surface area contributed by atoms with Crippen LogP contribution in [0.25, 0.3) is 5.57 Å². The molecule has 0 aliphatic heterocycles. The maximum atomic E-state index is 14.6. The van der Waals surface area contributed by atoms with Crippen LogP contribution in [0.15, 0.2) is 47.7 Å². The fraction of sp³-hybridized carbons (Fsp3) is 0.542. The molecule has 28 heavy (non-hydrogen) atoms. The first-order chi connectivity index (χ1) is 13.1. The van der Waals surface area contributed by atoms with Gasteiger partial charge >= 0.3 is 0 Å². The Bertz CT molecular complexity index is 761. The minimum atomic E-state index is -0.149. The van der Waals surface area contributed by atoms with Crippen molar-refractivity contribution in [3.8, 4) is 0 Å². The molecule has 0 saturated heterocycles. The molecule has 1 aliphatic rings. The van der Waals surface area contributed by atoms with Crippen molar-refractivity contribution in [1.82, 2.24) is 4.98 Å². The van der Waals surface area contributed by atoms with Crippen molar-refractivity contribution >= 4 is 20.5 Å². The van der Waals surface area contributed by atoms with E-state index in [9.17, 15) is 4.39 Å². The standard InChI is InChI=1S/C24H36FN2P/c1-8-17(4)24(5,12-11-16(2)3)20-13-18(25)14-22(28)23(20)21-10-9-19(15-26-21)27(6)7/h9-12,14-17,20H,8,13,28H2,1-7H3. The normalized spacial score (nSPS) is 21.1. The Morgan fingerprint density at radius 3 is 2.50 bits per heavy atom. The van der Waals surface area contributed by atoms with Crippen LogP contribution in [-0.4, -0.2) is 19.1 Å². The van der Waals surface area contributed by atoms with Gasteiger partial charge in [-0.3, -0.25) is 4.98 Å². The Hall–Kier alpha value is -1.47. The van der Waals surface area contributed by atoms with E-state index in [1.165, 1.54) is 0 Å². The maximum absolute atomic E-state index is 14.6. The number of aromatic nitrogens is 1. The van der Waals surface area contributed by atoms with Crippen LogP contribution in [0.1, 0.15) is 53.2 Å². The van der Waals surface area contributed by atoms with Crippen LogP contribution in [-0.2, 0) is 0 Å². The van der Waals surface area contributed by atoms with Gasteiger partial charge in [-0.15, -0.1) is 9.24 Å². The van der Waals surface area contributed by atoms with Crippen molar-refractivity contribution in [3.63, 3.8) is 0 Å². The zero-order valence-electron chi connectivity index (χ0n) is 18.5. The number of halogens is 1.